The van der Waals surface area contributed by atoms with Crippen molar-refractivity contribution in [1.82, 2.24) is 4.31 Å². The quantitative estimate of drug-likeness (QED) is 0.748. The largest absolute Gasteiger partial charge is 0.495 e. The average molecular weight is 415 g/mol. The van der Waals surface area contributed by atoms with Gasteiger partial charge in [-0.3, -0.25) is 0 Å². The van der Waals surface area contributed by atoms with Crippen molar-refractivity contribution in [2.24, 2.45) is 0 Å². The van der Waals surface area contributed by atoms with Crippen LogP contribution in [0.2, 0.25) is 10.0 Å². The zero-order valence-corrected chi connectivity index (χ0v) is 16.7. The van der Waals surface area contributed by atoms with Crippen molar-refractivity contribution in [3.05, 3.63) is 58.1 Å². The molecule has 1 fully saturated rings. The minimum Gasteiger partial charge on any atom is -0.495 e. The van der Waals surface area contributed by atoms with Crippen LogP contribution in [0.4, 0.5) is 5.69 Å². The SMILES string of the molecule is COc1ccccc1N1CCN(S(=O)(=O)Cc2ccc(Cl)c(Cl)c2)CC1. The molecule has 0 amide bonds. The Hall–Kier alpha value is -1.47. The van der Waals surface area contributed by atoms with Gasteiger partial charge in [-0.05, 0) is 29.8 Å². The molecule has 140 valence electrons. The molecular weight excluding hydrogens is 395 g/mol. The van der Waals surface area contributed by atoms with E-state index < -0.39 is 10.0 Å². The maximum Gasteiger partial charge on any atom is 0.218 e. The summed E-state index contributed by atoms with van der Waals surface area (Å²) in [5.74, 6) is 0.707. The van der Waals surface area contributed by atoms with Crippen molar-refractivity contribution in [2.75, 3.05) is 38.2 Å². The van der Waals surface area contributed by atoms with Crippen LogP contribution in [0.1, 0.15) is 5.56 Å². The third-order valence-corrected chi connectivity index (χ3v) is 6.98. The molecule has 5 nitrogen and oxygen atoms in total. The van der Waals surface area contributed by atoms with Gasteiger partial charge in [0.15, 0.2) is 0 Å². The Morgan fingerprint density at radius 1 is 1.00 bits per heavy atom. The Bertz CT molecular complexity index is 882. The van der Waals surface area contributed by atoms with Crippen LogP contribution in [0, 0.1) is 0 Å². The highest BCUT2D eigenvalue weighted by Gasteiger charge is 2.28. The lowest BCUT2D eigenvalue weighted by atomic mass is 10.2. The molecule has 0 saturated carbocycles. The van der Waals surface area contributed by atoms with E-state index in [9.17, 15) is 8.42 Å². The predicted octanol–water partition coefficient (Wildman–Crippen LogP) is 3.65. The highest BCUT2D eigenvalue weighted by molar-refractivity contribution is 7.88. The Kier molecular flexibility index (Phi) is 5.97. The normalized spacial score (nSPS) is 15.9. The fourth-order valence-corrected chi connectivity index (χ4v) is 4.85. The van der Waals surface area contributed by atoms with Crippen molar-refractivity contribution in [2.45, 2.75) is 5.75 Å². The number of hydrogen-bond donors (Lipinski definition) is 0. The van der Waals surface area contributed by atoms with Crippen LogP contribution >= 0.6 is 23.2 Å². The molecule has 0 unspecified atom stereocenters. The standard InChI is InChI=1S/C18H20Cl2N2O3S/c1-25-18-5-3-2-4-17(18)21-8-10-22(11-9-21)26(23,24)13-14-6-7-15(19)16(20)12-14/h2-7,12H,8-11,13H2,1H3. The summed E-state index contributed by atoms with van der Waals surface area (Å²) in [6.45, 7) is 2.09. The summed E-state index contributed by atoms with van der Waals surface area (Å²) in [4.78, 5) is 2.14. The molecule has 8 heteroatoms. The number of para-hydroxylation sites is 2. The van der Waals surface area contributed by atoms with E-state index in [1.807, 2.05) is 24.3 Å². The summed E-state index contributed by atoms with van der Waals surface area (Å²) < 4.78 is 32.4. The first-order chi connectivity index (χ1) is 12.4. The molecule has 1 heterocycles. The second-order valence-electron chi connectivity index (χ2n) is 6.06. The van der Waals surface area contributed by atoms with Gasteiger partial charge in [0.05, 0.1) is 28.6 Å². The number of rotatable bonds is 5. The van der Waals surface area contributed by atoms with Gasteiger partial charge in [0.25, 0.3) is 0 Å². The minimum atomic E-state index is -3.41. The molecule has 3 rings (SSSR count). The number of ether oxygens (including phenoxy) is 1. The Balaban J connectivity index is 1.67. The van der Waals surface area contributed by atoms with Crippen molar-refractivity contribution in [1.29, 1.82) is 0 Å². The first kappa shape index (κ1) is 19.3. The van der Waals surface area contributed by atoms with E-state index in [0.717, 1.165) is 11.4 Å². The van der Waals surface area contributed by atoms with Crippen molar-refractivity contribution in [3.63, 3.8) is 0 Å². The summed E-state index contributed by atoms with van der Waals surface area (Å²) in [7, 11) is -1.78. The molecular formula is C18H20Cl2N2O3S. The first-order valence-corrected chi connectivity index (χ1v) is 10.6. The number of methoxy groups -OCH3 is 1. The summed E-state index contributed by atoms with van der Waals surface area (Å²) in [5.41, 5.74) is 1.61. The maximum atomic E-state index is 12.7. The van der Waals surface area contributed by atoms with Gasteiger partial charge in [-0.25, -0.2) is 8.42 Å². The monoisotopic (exact) mass is 414 g/mol. The van der Waals surface area contributed by atoms with E-state index in [4.69, 9.17) is 27.9 Å². The second-order valence-corrected chi connectivity index (χ2v) is 8.85. The van der Waals surface area contributed by atoms with Crippen molar-refractivity contribution in [3.8, 4) is 5.75 Å². The maximum absolute atomic E-state index is 12.7. The van der Waals surface area contributed by atoms with Gasteiger partial charge in [0.2, 0.25) is 10.0 Å². The summed E-state index contributed by atoms with van der Waals surface area (Å²) >= 11 is 11.9. The second kappa shape index (κ2) is 8.05. The van der Waals surface area contributed by atoms with Crippen LogP contribution in [0.25, 0.3) is 0 Å². The molecule has 0 atom stereocenters. The van der Waals surface area contributed by atoms with Gasteiger partial charge in [-0.15, -0.1) is 0 Å². The van der Waals surface area contributed by atoms with Gasteiger partial charge < -0.3 is 9.64 Å². The van der Waals surface area contributed by atoms with Gasteiger partial charge >= 0.3 is 0 Å². The lowest BCUT2D eigenvalue weighted by molar-refractivity contribution is 0.378. The van der Waals surface area contributed by atoms with Crippen LogP contribution in [-0.2, 0) is 15.8 Å². The Morgan fingerprint density at radius 3 is 2.35 bits per heavy atom. The number of piperazine rings is 1. The highest BCUT2D eigenvalue weighted by atomic mass is 35.5. The van der Waals surface area contributed by atoms with E-state index in [2.05, 4.69) is 4.90 Å². The third-order valence-electron chi connectivity index (χ3n) is 4.39. The van der Waals surface area contributed by atoms with Gasteiger partial charge in [0, 0.05) is 26.2 Å². The van der Waals surface area contributed by atoms with Crippen LogP contribution in [0.15, 0.2) is 42.5 Å². The molecule has 0 aromatic heterocycles. The summed E-state index contributed by atoms with van der Waals surface area (Å²) in [6, 6.07) is 12.7. The zero-order valence-electron chi connectivity index (χ0n) is 14.4. The number of halogens is 2. The number of anilines is 1. The molecule has 2 aromatic carbocycles. The fourth-order valence-electron chi connectivity index (χ4n) is 3.03. The van der Waals surface area contributed by atoms with Crippen LogP contribution in [0.5, 0.6) is 5.75 Å². The molecule has 1 aliphatic rings. The lowest BCUT2D eigenvalue weighted by Crippen LogP contribution is -2.49. The topological polar surface area (TPSA) is 49.9 Å². The molecule has 0 bridgehead atoms. The number of benzene rings is 2. The fraction of sp³-hybridized carbons (Fsp3) is 0.333. The van der Waals surface area contributed by atoms with Crippen LogP contribution in [-0.4, -0.2) is 46.0 Å². The van der Waals surface area contributed by atoms with Gasteiger partial charge in [-0.2, -0.15) is 4.31 Å². The zero-order chi connectivity index (χ0) is 18.7. The van der Waals surface area contributed by atoms with Crippen LogP contribution in [0.3, 0.4) is 0 Å². The van der Waals surface area contributed by atoms with Gasteiger partial charge in [0.1, 0.15) is 5.75 Å². The van der Waals surface area contributed by atoms with E-state index >= 15 is 0 Å². The Labute approximate surface area is 164 Å². The molecule has 0 spiro atoms. The molecule has 2 aromatic rings. The summed E-state index contributed by atoms with van der Waals surface area (Å²) in [5, 5.41) is 0.776. The number of sulfonamides is 1. The van der Waals surface area contributed by atoms with Crippen LogP contribution < -0.4 is 9.64 Å². The molecule has 0 N–H and O–H groups in total. The molecule has 26 heavy (non-hydrogen) atoms. The average Bonchev–Trinajstić information content (AvgIpc) is 2.64. The molecule has 0 radical (unpaired) electrons. The first-order valence-electron chi connectivity index (χ1n) is 8.20. The molecule has 0 aliphatic carbocycles. The highest BCUT2D eigenvalue weighted by Crippen LogP contribution is 2.29. The van der Waals surface area contributed by atoms with E-state index in [0.29, 0.717) is 41.8 Å². The Morgan fingerprint density at radius 2 is 1.69 bits per heavy atom. The number of nitrogens with zero attached hydrogens (tertiary/aromatic N) is 2. The van der Waals surface area contributed by atoms with E-state index in [1.165, 1.54) is 4.31 Å². The third kappa shape index (κ3) is 4.26. The van der Waals surface area contributed by atoms with Crippen molar-refractivity contribution >= 4 is 38.9 Å². The van der Waals surface area contributed by atoms with Gasteiger partial charge in [-0.1, -0.05) is 41.4 Å². The molecule has 1 saturated heterocycles. The summed E-state index contributed by atoms with van der Waals surface area (Å²) in [6.07, 6.45) is 0. The predicted molar refractivity (Wildman–Crippen MR) is 106 cm³/mol. The molecule has 1 aliphatic heterocycles. The van der Waals surface area contributed by atoms with Crippen molar-refractivity contribution < 1.29 is 13.2 Å². The van der Waals surface area contributed by atoms with E-state index in [1.54, 1.807) is 25.3 Å². The lowest BCUT2D eigenvalue weighted by Gasteiger charge is -2.36. The minimum absolute atomic E-state index is 0.0848. The van der Waals surface area contributed by atoms with E-state index in [-0.39, 0.29) is 5.75 Å². The number of hydrogen-bond acceptors (Lipinski definition) is 4. The smallest absolute Gasteiger partial charge is 0.218 e.